The molecule has 0 aliphatic carbocycles. The Kier molecular flexibility index (Phi) is 9.59. The van der Waals surface area contributed by atoms with Crippen LogP contribution in [0.2, 0.25) is 10.0 Å². The van der Waals surface area contributed by atoms with Crippen molar-refractivity contribution in [3.05, 3.63) is 99.5 Å². The molecule has 1 atom stereocenters. The number of hydrogen-bond acceptors (Lipinski definition) is 4. The predicted molar refractivity (Wildman–Crippen MR) is 148 cm³/mol. The average Bonchev–Trinajstić information content (AvgIpc) is 2.84. The van der Waals surface area contributed by atoms with Crippen LogP contribution in [0.3, 0.4) is 0 Å². The highest BCUT2D eigenvalue weighted by Crippen LogP contribution is 2.30. The smallest absolute Gasteiger partial charge is 0.244 e. The van der Waals surface area contributed by atoms with Crippen molar-refractivity contribution < 1.29 is 18.0 Å². The Labute approximate surface area is 228 Å². The average molecular weight is 563 g/mol. The Morgan fingerprint density at radius 2 is 1.62 bits per heavy atom. The Morgan fingerprint density at radius 1 is 0.946 bits per heavy atom. The van der Waals surface area contributed by atoms with Crippen LogP contribution < -0.4 is 9.62 Å². The third-order valence-electron chi connectivity index (χ3n) is 5.81. The number of sulfonamides is 1. The van der Waals surface area contributed by atoms with Gasteiger partial charge in [0, 0.05) is 25.0 Å². The molecule has 0 spiro atoms. The number of nitrogens with zero attached hydrogens (tertiary/aromatic N) is 2. The lowest BCUT2D eigenvalue weighted by Crippen LogP contribution is -2.52. The van der Waals surface area contributed by atoms with Crippen molar-refractivity contribution in [1.29, 1.82) is 0 Å². The maximum absolute atomic E-state index is 13.9. The van der Waals surface area contributed by atoms with Crippen molar-refractivity contribution >= 4 is 50.7 Å². The number of rotatable bonds is 10. The van der Waals surface area contributed by atoms with E-state index in [-0.39, 0.29) is 29.6 Å². The number of amides is 2. The lowest BCUT2D eigenvalue weighted by Gasteiger charge is -2.33. The lowest BCUT2D eigenvalue weighted by molar-refractivity contribution is -0.139. The van der Waals surface area contributed by atoms with E-state index in [4.69, 9.17) is 23.2 Å². The van der Waals surface area contributed by atoms with Crippen molar-refractivity contribution in [3.8, 4) is 0 Å². The molecule has 0 saturated heterocycles. The van der Waals surface area contributed by atoms with Crippen molar-refractivity contribution in [1.82, 2.24) is 10.2 Å². The minimum Gasteiger partial charge on any atom is -0.357 e. The summed E-state index contributed by atoms with van der Waals surface area (Å²) >= 11 is 12.3. The zero-order valence-corrected chi connectivity index (χ0v) is 23.1. The molecule has 3 rings (SSSR count). The van der Waals surface area contributed by atoms with Crippen molar-refractivity contribution in [2.75, 3.05) is 24.2 Å². The molecule has 3 aromatic rings. The molecule has 0 bridgehead atoms. The topological polar surface area (TPSA) is 86.8 Å². The maximum atomic E-state index is 13.9. The van der Waals surface area contributed by atoms with Crippen LogP contribution in [0.15, 0.2) is 72.8 Å². The highest BCUT2D eigenvalue weighted by Gasteiger charge is 2.33. The fourth-order valence-corrected chi connectivity index (χ4v) is 5.43. The molecule has 2 amide bonds. The van der Waals surface area contributed by atoms with Gasteiger partial charge in [-0.05, 0) is 36.2 Å². The van der Waals surface area contributed by atoms with Gasteiger partial charge in [0.25, 0.3) is 0 Å². The first kappa shape index (κ1) is 28.5. The number of nitrogens with one attached hydrogen (secondary N) is 1. The first-order valence-corrected chi connectivity index (χ1v) is 14.1. The van der Waals surface area contributed by atoms with Gasteiger partial charge >= 0.3 is 0 Å². The molecule has 0 radical (unpaired) electrons. The zero-order chi connectivity index (χ0) is 27.2. The Hall–Kier alpha value is -3.07. The number of hydrogen-bond donors (Lipinski definition) is 1. The number of likely N-dealkylation sites (N-methyl/N-ethyl adjacent to an activating group) is 1. The van der Waals surface area contributed by atoms with Crippen molar-refractivity contribution in [2.24, 2.45) is 0 Å². The van der Waals surface area contributed by atoms with E-state index in [0.29, 0.717) is 5.02 Å². The van der Waals surface area contributed by atoms with E-state index in [2.05, 4.69) is 5.32 Å². The van der Waals surface area contributed by atoms with E-state index in [9.17, 15) is 18.0 Å². The summed E-state index contributed by atoms with van der Waals surface area (Å²) in [6.45, 7) is 1.50. The largest absolute Gasteiger partial charge is 0.357 e. The number of anilines is 1. The summed E-state index contributed by atoms with van der Waals surface area (Å²) in [5.74, 6) is -0.914. The van der Waals surface area contributed by atoms with E-state index in [1.807, 2.05) is 61.5 Å². The van der Waals surface area contributed by atoms with Gasteiger partial charge < -0.3 is 10.2 Å². The number of aryl methyl sites for hydroxylation is 1. The molecule has 196 valence electrons. The molecule has 0 fully saturated rings. The summed E-state index contributed by atoms with van der Waals surface area (Å²) < 4.78 is 26.5. The quantitative estimate of drug-likeness (QED) is 0.396. The first-order valence-electron chi connectivity index (χ1n) is 11.5. The standard InChI is InChI=1S/C27H29Cl2N3O4S/c1-19-8-7-11-21(14-19)17-31(25(27(34)30-2)15-20-9-5-4-6-10-20)26(33)18-32(37(3,35)36)24-13-12-22(28)16-23(24)29/h4-14,16,25H,15,17-18H2,1-3H3,(H,30,34). The molecule has 7 nitrogen and oxygen atoms in total. The summed E-state index contributed by atoms with van der Waals surface area (Å²) in [7, 11) is -2.41. The fourth-order valence-electron chi connectivity index (χ4n) is 4.01. The summed E-state index contributed by atoms with van der Waals surface area (Å²) in [6.07, 6.45) is 1.24. The second-order valence-electron chi connectivity index (χ2n) is 8.70. The van der Waals surface area contributed by atoms with Crippen molar-refractivity contribution in [3.63, 3.8) is 0 Å². The molecule has 1 N–H and O–H groups in total. The first-order chi connectivity index (χ1) is 17.5. The highest BCUT2D eigenvalue weighted by molar-refractivity contribution is 7.92. The normalized spacial score (nSPS) is 12.0. The van der Waals surface area contributed by atoms with Gasteiger partial charge in [-0.2, -0.15) is 0 Å². The van der Waals surface area contributed by atoms with Gasteiger partial charge in [-0.3, -0.25) is 13.9 Å². The van der Waals surface area contributed by atoms with Crippen LogP contribution >= 0.6 is 23.2 Å². The number of halogens is 2. The molecular weight excluding hydrogens is 533 g/mol. The summed E-state index contributed by atoms with van der Waals surface area (Å²) in [6, 6.07) is 20.4. The monoisotopic (exact) mass is 561 g/mol. The van der Waals surface area contributed by atoms with E-state index in [1.165, 1.54) is 30.1 Å². The van der Waals surface area contributed by atoms with Crippen LogP contribution in [-0.4, -0.2) is 51.0 Å². The number of carbonyl (C=O) groups excluding carboxylic acids is 2. The maximum Gasteiger partial charge on any atom is 0.244 e. The molecule has 0 aliphatic rings. The van der Waals surface area contributed by atoms with Crippen LogP contribution in [0, 0.1) is 6.92 Å². The van der Waals surface area contributed by atoms with E-state index in [0.717, 1.165) is 27.3 Å². The molecule has 0 heterocycles. The van der Waals surface area contributed by atoms with Gasteiger partial charge in [0.05, 0.1) is 17.0 Å². The van der Waals surface area contributed by atoms with Gasteiger partial charge in [0.2, 0.25) is 21.8 Å². The minimum atomic E-state index is -3.91. The van der Waals surface area contributed by atoms with Crippen LogP contribution in [0.5, 0.6) is 0 Å². The number of benzene rings is 3. The van der Waals surface area contributed by atoms with Crippen LogP contribution in [-0.2, 0) is 32.6 Å². The van der Waals surface area contributed by atoms with Gasteiger partial charge in [0.1, 0.15) is 12.6 Å². The molecular formula is C27H29Cl2N3O4S. The summed E-state index contributed by atoms with van der Waals surface area (Å²) in [5, 5.41) is 3.06. The van der Waals surface area contributed by atoms with Gasteiger partial charge in [0.15, 0.2) is 0 Å². The third-order valence-corrected chi connectivity index (χ3v) is 7.47. The third kappa shape index (κ3) is 7.71. The summed E-state index contributed by atoms with van der Waals surface area (Å²) in [5.41, 5.74) is 2.79. The van der Waals surface area contributed by atoms with Gasteiger partial charge in [-0.1, -0.05) is 83.4 Å². The van der Waals surface area contributed by atoms with Crippen LogP contribution in [0.4, 0.5) is 5.69 Å². The predicted octanol–water partition coefficient (Wildman–Crippen LogP) is 4.45. The molecule has 1 unspecified atom stereocenters. The Balaban J connectivity index is 2.05. The van der Waals surface area contributed by atoms with E-state index >= 15 is 0 Å². The molecule has 0 saturated carbocycles. The molecule has 0 aliphatic heterocycles. The van der Waals surface area contributed by atoms with Crippen LogP contribution in [0.25, 0.3) is 0 Å². The number of carbonyl (C=O) groups is 2. The highest BCUT2D eigenvalue weighted by atomic mass is 35.5. The minimum absolute atomic E-state index is 0.0862. The molecule has 10 heteroatoms. The zero-order valence-electron chi connectivity index (χ0n) is 20.8. The van der Waals surface area contributed by atoms with Gasteiger partial charge in [-0.25, -0.2) is 8.42 Å². The second kappa shape index (κ2) is 12.4. The van der Waals surface area contributed by atoms with Crippen molar-refractivity contribution in [2.45, 2.75) is 25.9 Å². The fraction of sp³-hybridized carbons (Fsp3) is 0.259. The van der Waals surface area contributed by atoms with Gasteiger partial charge in [-0.15, -0.1) is 0 Å². The van der Waals surface area contributed by atoms with Crippen LogP contribution in [0.1, 0.15) is 16.7 Å². The second-order valence-corrected chi connectivity index (χ2v) is 11.4. The molecule has 0 aromatic heterocycles. The SMILES string of the molecule is CNC(=O)C(Cc1ccccc1)N(Cc1cccc(C)c1)C(=O)CN(c1ccc(Cl)cc1Cl)S(C)(=O)=O. The Morgan fingerprint density at radius 3 is 2.22 bits per heavy atom. The lowest BCUT2D eigenvalue weighted by atomic mass is 10.0. The molecule has 3 aromatic carbocycles. The van der Waals surface area contributed by atoms with E-state index in [1.54, 1.807) is 0 Å². The molecule has 37 heavy (non-hydrogen) atoms. The Bertz CT molecular complexity index is 1370. The van der Waals surface area contributed by atoms with E-state index < -0.39 is 28.5 Å². The summed E-state index contributed by atoms with van der Waals surface area (Å²) in [4.78, 5) is 28.4.